The van der Waals surface area contributed by atoms with Crippen molar-refractivity contribution in [3.63, 3.8) is 0 Å². The summed E-state index contributed by atoms with van der Waals surface area (Å²) in [5, 5.41) is 27.6. The Morgan fingerprint density at radius 1 is 0.857 bits per heavy atom. The Labute approximate surface area is 123 Å². The van der Waals surface area contributed by atoms with Crippen LogP contribution in [0.2, 0.25) is 0 Å². The molecule has 2 atom stereocenters. The van der Waals surface area contributed by atoms with E-state index >= 15 is 0 Å². The van der Waals surface area contributed by atoms with Crippen LogP contribution in [0, 0.1) is 0 Å². The number of aliphatic hydroxyl groups is 2. The number of hydrogen-bond acceptors (Lipinski definition) is 6. The van der Waals surface area contributed by atoms with E-state index in [0.717, 1.165) is 5.69 Å². The van der Waals surface area contributed by atoms with Crippen LogP contribution in [0.25, 0.3) is 0 Å². The van der Waals surface area contributed by atoms with Crippen molar-refractivity contribution < 1.29 is 10.2 Å². The molecule has 0 fully saturated rings. The van der Waals surface area contributed by atoms with Gasteiger partial charge in [-0.05, 0) is 50.2 Å². The molecule has 0 aliphatic heterocycles. The van der Waals surface area contributed by atoms with Crippen molar-refractivity contribution in [3.8, 4) is 0 Å². The Bertz CT molecular complexity index is 574. The van der Waals surface area contributed by atoms with E-state index in [2.05, 4.69) is 15.2 Å². The number of aromatic nitrogens is 1. The van der Waals surface area contributed by atoms with Gasteiger partial charge in [-0.3, -0.25) is 4.98 Å². The quantitative estimate of drug-likeness (QED) is 0.654. The predicted octanol–water partition coefficient (Wildman–Crippen LogP) is 2.98. The highest BCUT2D eigenvalue weighted by atomic mass is 16.3. The first-order valence-electron chi connectivity index (χ1n) is 6.64. The standard InChI is InChI=1S/C15H18N4O2/c1-11(20)19(12(2)21)15-5-3-13(4-6-15)17-18-14-7-9-16-10-8-14/h3-12,20-21H,1-2H3. The Kier molecular flexibility index (Phi) is 4.97. The molecule has 0 radical (unpaired) electrons. The lowest BCUT2D eigenvalue weighted by Crippen LogP contribution is -2.40. The molecule has 0 amide bonds. The minimum atomic E-state index is -0.783. The van der Waals surface area contributed by atoms with E-state index in [4.69, 9.17) is 0 Å². The molecule has 110 valence electrons. The summed E-state index contributed by atoms with van der Waals surface area (Å²) in [7, 11) is 0. The molecule has 0 saturated carbocycles. The second-order valence-corrected chi connectivity index (χ2v) is 4.59. The summed E-state index contributed by atoms with van der Waals surface area (Å²) < 4.78 is 0. The molecule has 0 saturated heterocycles. The van der Waals surface area contributed by atoms with Crippen LogP contribution in [-0.4, -0.2) is 27.7 Å². The third-order valence-electron chi connectivity index (χ3n) is 2.90. The number of hydrogen-bond donors (Lipinski definition) is 2. The molecule has 6 nitrogen and oxygen atoms in total. The fourth-order valence-corrected chi connectivity index (χ4v) is 1.96. The smallest absolute Gasteiger partial charge is 0.126 e. The monoisotopic (exact) mass is 286 g/mol. The Morgan fingerprint density at radius 3 is 1.81 bits per heavy atom. The molecule has 1 heterocycles. The van der Waals surface area contributed by atoms with Crippen LogP contribution in [0.5, 0.6) is 0 Å². The van der Waals surface area contributed by atoms with Gasteiger partial charge in [-0.2, -0.15) is 10.2 Å². The van der Waals surface area contributed by atoms with Crippen LogP contribution < -0.4 is 4.90 Å². The number of pyridine rings is 1. The maximum absolute atomic E-state index is 9.68. The van der Waals surface area contributed by atoms with Crippen molar-refractivity contribution >= 4 is 17.1 Å². The van der Waals surface area contributed by atoms with Gasteiger partial charge in [0.2, 0.25) is 0 Å². The number of nitrogens with zero attached hydrogens (tertiary/aromatic N) is 4. The second-order valence-electron chi connectivity index (χ2n) is 4.59. The summed E-state index contributed by atoms with van der Waals surface area (Å²) in [4.78, 5) is 5.40. The molecule has 1 aromatic carbocycles. The van der Waals surface area contributed by atoms with Gasteiger partial charge in [-0.25, -0.2) is 0 Å². The number of aliphatic hydroxyl groups excluding tert-OH is 2. The van der Waals surface area contributed by atoms with Gasteiger partial charge in [-0.15, -0.1) is 0 Å². The number of anilines is 1. The summed E-state index contributed by atoms with van der Waals surface area (Å²) in [5.41, 5.74) is 2.12. The minimum absolute atomic E-state index is 0.687. The molecule has 0 spiro atoms. The van der Waals surface area contributed by atoms with E-state index in [9.17, 15) is 10.2 Å². The molecule has 0 aliphatic carbocycles. The lowest BCUT2D eigenvalue weighted by Gasteiger charge is -2.30. The number of rotatable bonds is 5. The van der Waals surface area contributed by atoms with Crippen molar-refractivity contribution in [1.82, 2.24) is 4.98 Å². The molecule has 0 bridgehead atoms. The number of benzene rings is 1. The lowest BCUT2D eigenvalue weighted by molar-refractivity contribution is 0.105. The summed E-state index contributed by atoms with van der Waals surface area (Å²) in [5.74, 6) is 0. The van der Waals surface area contributed by atoms with E-state index in [-0.39, 0.29) is 0 Å². The van der Waals surface area contributed by atoms with Gasteiger partial charge in [0.25, 0.3) is 0 Å². The Hall–Kier alpha value is -2.31. The first kappa shape index (κ1) is 15.1. The van der Waals surface area contributed by atoms with Gasteiger partial charge in [-0.1, -0.05) is 0 Å². The lowest BCUT2D eigenvalue weighted by atomic mass is 10.2. The first-order chi connectivity index (χ1) is 10.1. The fourth-order valence-electron chi connectivity index (χ4n) is 1.96. The average Bonchev–Trinajstić information content (AvgIpc) is 2.47. The van der Waals surface area contributed by atoms with Crippen LogP contribution in [0.4, 0.5) is 17.1 Å². The molecule has 2 rings (SSSR count). The molecular formula is C15H18N4O2. The first-order valence-corrected chi connectivity index (χ1v) is 6.64. The van der Waals surface area contributed by atoms with E-state index in [1.165, 1.54) is 4.90 Å². The third-order valence-corrected chi connectivity index (χ3v) is 2.90. The summed E-state index contributed by atoms with van der Waals surface area (Å²) in [6, 6.07) is 10.6. The summed E-state index contributed by atoms with van der Waals surface area (Å²) in [6.07, 6.45) is 1.74. The van der Waals surface area contributed by atoms with Crippen molar-refractivity contribution in [3.05, 3.63) is 48.8 Å². The van der Waals surface area contributed by atoms with Crippen molar-refractivity contribution in [1.29, 1.82) is 0 Å². The zero-order chi connectivity index (χ0) is 15.2. The van der Waals surface area contributed by atoms with Crippen LogP contribution in [-0.2, 0) is 0 Å². The Balaban J connectivity index is 2.13. The predicted molar refractivity (Wildman–Crippen MR) is 80.7 cm³/mol. The highest BCUT2D eigenvalue weighted by Gasteiger charge is 2.16. The summed E-state index contributed by atoms with van der Waals surface area (Å²) >= 11 is 0. The van der Waals surface area contributed by atoms with Crippen LogP contribution in [0.1, 0.15) is 13.8 Å². The second kappa shape index (κ2) is 6.92. The van der Waals surface area contributed by atoms with Gasteiger partial charge in [0, 0.05) is 18.1 Å². The normalized spacial score (nSPS) is 14.1. The zero-order valence-corrected chi connectivity index (χ0v) is 12.0. The molecule has 0 aliphatic rings. The van der Waals surface area contributed by atoms with Crippen molar-refractivity contribution in [2.45, 2.75) is 26.3 Å². The molecule has 2 N–H and O–H groups in total. The molecule has 2 aromatic rings. The molecule has 1 aromatic heterocycles. The summed E-state index contributed by atoms with van der Waals surface area (Å²) in [6.45, 7) is 3.20. The van der Waals surface area contributed by atoms with E-state index in [0.29, 0.717) is 11.4 Å². The fraction of sp³-hybridized carbons (Fsp3) is 0.267. The molecule has 21 heavy (non-hydrogen) atoms. The van der Waals surface area contributed by atoms with Crippen LogP contribution >= 0.6 is 0 Å². The molecular weight excluding hydrogens is 268 g/mol. The third kappa shape index (κ3) is 4.08. The average molecular weight is 286 g/mol. The zero-order valence-electron chi connectivity index (χ0n) is 12.0. The van der Waals surface area contributed by atoms with Gasteiger partial charge in [0.15, 0.2) is 0 Å². The SMILES string of the molecule is CC(O)N(c1ccc(N=Nc2ccncc2)cc1)C(C)O. The van der Waals surface area contributed by atoms with Gasteiger partial charge in [0.1, 0.15) is 12.5 Å². The molecule has 6 heteroatoms. The maximum atomic E-state index is 9.68. The van der Waals surface area contributed by atoms with Crippen molar-refractivity contribution in [2.75, 3.05) is 4.90 Å². The largest absolute Gasteiger partial charge is 0.374 e. The van der Waals surface area contributed by atoms with Crippen LogP contribution in [0.15, 0.2) is 59.0 Å². The molecule has 2 unspecified atom stereocenters. The van der Waals surface area contributed by atoms with E-state index in [1.807, 2.05) is 0 Å². The van der Waals surface area contributed by atoms with E-state index in [1.54, 1.807) is 62.6 Å². The number of azo groups is 1. The minimum Gasteiger partial charge on any atom is -0.374 e. The van der Waals surface area contributed by atoms with E-state index < -0.39 is 12.5 Å². The maximum Gasteiger partial charge on any atom is 0.126 e. The highest BCUT2D eigenvalue weighted by Crippen LogP contribution is 2.23. The van der Waals surface area contributed by atoms with Crippen LogP contribution in [0.3, 0.4) is 0 Å². The van der Waals surface area contributed by atoms with Gasteiger partial charge >= 0.3 is 0 Å². The van der Waals surface area contributed by atoms with Gasteiger partial charge < -0.3 is 15.1 Å². The van der Waals surface area contributed by atoms with Crippen molar-refractivity contribution in [2.24, 2.45) is 10.2 Å². The highest BCUT2D eigenvalue weighted by molar-refractivity contribution is 5.53. The topological polar surface area (TPSA) is 81.3 Å². The van der Waals surface area contributed by atoms with Gasteiger partial charge in [0.05, 0.1) is 11.4 Å². The Morgan fingerprint density at radius 2 is 1.33 bits per heavy atom.